The van der Waals surface area contributed by atoms with Gasteiger partial charge in [0.1, 0.15) is 0 Å². The van der Waals surface area contributed by atoms with E-state index < -0.39 is 10.0 Å². The van der Waals surface area contributed by atoms with Gasteiger partial charge in [0.15, 0.2) is 0 Å². The summed E-state index contributed by atoms with van der Waals surface area (Å²) in [5.41, 5.74) is 0. The molecule has 0 amide bonds. The Kier molecular flexibility index (Phi) is 3.84. The molecule has 0 aromatic heterocycles. The van der Waals surface area contributed by atoms with Gasteiger partial charge in [0, 0.05) is 26.2 Å². The van der Waals surface area contributed by atoms with Gasteiger partial charge in [0.2, 0.25) is 10.0 Å². The van der Waals surface area contributed by atoms with Crippen LogP contribution in [0, 0.1) is 0 Å². The first-order chi connectivity index (χ1) is 7.59. The van der Waals surface area contributed by atoms with Crippen molar-refractivity contribution in [1.29, 1.82) is 0 Å². The van der Waals surface area contributed by atoms with Gasteiger partial charge >= 0.3 is 0 Å². The fourth-order valence-electron chi connectivity index (χ4n) is 2.31. The number of nitrogens with one attached hydrogen (secondary N) is 1. The van der Waals surface area contributed by atoms with E-state index in [4.69, 9.17) is 4.74 Å². The summed E-state index contributed by atoms with van der Waals surface area (Å²) in [4.78, 5) is 0. The molecule has 2 aliphatic heterocycles. The Hall–Kier alpha value is -0.170. The summed E-state index contributed by atoms with van der Waals surface area (Å²) in [5.74, 6) is 0.139. The van der Waals surface area contributed by atoms with Gasteiger partial charge in [-0.05, 0) is 25.8 Å². The van der Waals surface area contributed by atoms with Crippen molar-refractivity contribution in [2.45, 2.75) is 31.4 Å². The van der Waals surface area contributed by atoms with Crippen LogP contribution < -0.4 is 5.32 Å². The first-order valence-corrected chi connectivity index (χ1v) is 7.48. The number of hydrogen-bond donors (Lipinski definition) is 1. The SMILES string of the molecule is CN(C1CCNC1)S(=O)(=O)CC1CCCO1. The smallest absolute Gasteiger partial charge is 0.216 e. The summed E-state index contributed by atoms with van der Waals surface area (Å²) in [5, 5.41) is 3.18. The van der Waals surface area contributed by atoms with Crippen molar-refractivity contribution < 1.29 is 13.2 Å². The lowest BCUT2D eigenvalue weighted by Gasteiger charge is -2.24. The molecular formula is C10H20N2O3S. The summed E-state index contributed by atoms with van der Waals surface area (Å²) in [7, 11) is -1.48. The van der Waals surface area contributed by atoms with E-state index in [-0.39, 0.29) is 17.9 Å². The predicted molar refractivity (Wildman–Crippen MR) is 61.8 cm³/mol. The lowest BCUT2D eigenvalue weighted by atomic mass is 10.3. The molecule has 0 bridgehead atoms. The van der Waals surface area contributed by atoms with Crippen molar-refractivity contribution in [1.82, 2.24) is 9.62 Å². The third-order valence-electron chi connectivity index (χ3n) is 3.41. The zero-order valence-electron chi connectivity index (χ0n) is 9.68. The highest BCUT2D eigenvalue weighted by Crippen LogP contribution is 2.18. The number of rotatable bonds is 4. The molecule has 1 N–H and O–H groups in total. The Labute approximate surface area is 97.2 Å². The van der Waals surface area contributed by atoms with E-state index in [1.54, 1.807) is 7.05 Å². The molecule has 6 heteroatoms. The van der Waals surface area contributed by atoms with Crippen LogP contribution in [0.1, 0.15) is 19.3 Å². The quantitative estimate of drug-likeness (QED) is 0.748. The molecule has 0 aliphatic carbocycles. The van der Waals surface area contributed by atoms with Crippen LogP contribution in [0.4, 0.5) is 0 Å². The molecule has 0 radical (unpaired) electrons. The Morgan fingerprint density at radius 3 is 2.81 bits per heavy atom. The average molecular weight is 248 g/mol. The van der Waals surface area contributed by atoms with Crippen molar-refractivity contribution in [3.8, 4) is 0 Å². The summed E-state index contributed by atoms with van der Waals surface area (Å²) in [6.07, 6.45) is 2.66. The van der Waals surface area contributed by atoms with Gasteiger partial charge in [-0.15, -0.1) is 0 Å². The zero-order valence-corrected chi connectivity index (χ0v) is 10.5. The van der Waals surface area contributed by atoms with E-state index in [2.05, 4.69) is 5.32 Å². The van der Waals surface area contributed by atoms with Gasteiger partial charge in [-0.25, -0.2) is 12.7 Å². The Balaban J connectivity index is 1.94. The average Bonchev–Trinajstić information content (AvgIpc) is 2.86. The number of ether oxygens (including phenoxy) is 1. The molecule has 2 fully saturated rings. The maximum Gasteiger partial charge on any atom is 0.216 e. The predicted octanol–water partition coefficient (Wildman–Crippen LogP) is -0.211. The van der Waals surface area contributed by atoms with Crippen molar-refractivity contribution in [3.05, 3.63) is 0 Å². The van der Waals surface area contributed by atoms with Crippen molar-refractivity contribution in [3.63, 3.8) is 0 Å². The fraction of sp³-hybridized carbons (Fsp3) is 1.00. The van der Waals surface area contributed by atoms with E-state index in [1.165, 1.54) is 4.31 Å². The molecule has 16 heavy (non-hydrogen) atoms. The molecule has 2 saturated heterocycles. The molecule has 0 saturated carbocycles. The minimum absolute atomic E-state index is 0.0955. The lowest BCUT2D eigenvalue weighted by Crippen LogP contribution is -2.41. The summed E-state index contributed by atoms with van der Waals surface area (Å²) < 4.78 is 31.1. The monoisotopic (exact) mass is 248 g/mol. The molecule has 2 atom stereocenters. The van der Waals surface area contributed by atoms with Gasteiger partial charge in [-0.1, -0.05) is 0 Å². The van der Waals surface area contributed by atoms with E-state index in [0.717, 1.165) is 32.4 Å². The normalized spacial score (nSPS) is 31.4. The minimum Gasteiger partial charge on any atom is -0.377 e. The third-order valence-corrected chi connectivity index (χ3v) is 5.38. The van der Waals surface area contributed by atoms with Gasteiger partial charge in [-0.2, -0.15) is 0 Å². The number of hydrogen-bond acceptors (Lipinski definition) is 4. The van der Waals surface area contributed by atoms with E-state index >= 15 is 0 Å². The maximum atomic E-state index is 12.1. The van der Waals surface area contributed by atoms with Crippen LogP contribution in [0.3, 0.4) is 0 Å². The van der Waals surface area contributed by atoms with Crippen molar-refractivity contribution in [2.75, 3.05) is 32.5 Å². The number of sulfonamides is 1. The molecule has 2 rings (SSSR count). The molecule has 0 aromatic rings. The molecule has 2 heterocycles. The van der Waals surface area contributed by atoms with Crippen LogP contribution in [0.2, 0.25) is 0 Å². The number of nitrogens with zero attached hydrogens (tertiary/aromatic N) is 1. The van der Waals surface area contributed by atoms with Crippen LogP contribution in [-0.2, 0) is 14.8 Å². The van der Waals surface area contributed by atoms with Crippen LogP contribution in [0.15, 0.2) is 0 Å². The van der Waals surface area contributed by atoms with E-state index in [1.807, 2.05) is 0 Å². The first-order valence-electron chi connectivity index (χ1n) is 5.87. The van der Waals surface area contributed by atoms with Crippen LogP contribution in [0.5, 0.6) is 0 Å². The highest BCUT2D eigenvalue weighted by molar-refractivity contribution is 7.89. The molecule has 0 spiro atoms. The molecular weight excluding hydrogens is 228 g/mol. The Bertz CT molecular complexity index is 319. The summed E-state index contributed by atoms with van der Waals surface area (Å²) >= 11 is 0. The number of likely N-dealkylation sites (N-methyl/N-ethyl adjacent to an activating group) is 1. The molecule has 94 valence electrons. The standard InChI is InChI=1S/C10H20N2O3S/c1-12(9-4-5-11-7-9)16(13,14)8-10-3-2-6-15-10/h9-11H,2-8H2,1H3. The van der Waals surface area contributed by atoms with Gasteiger partial charge in [0.05, 0.1) is 11.9 Å². The zero-order chi connectivity index (χ0) is 11.6. The largest absolute Gasteiger partial charge is 0.377 e. The minimum atomic E-state index is -3.16. The Morgan fingerprint density at radius 2 is 2.25 bits per heavy atom. The third kappa shape index (κ3) is 2.74. The molecule has 2 unspecified atom stereocenters. The fourth-order valence-corrected chi connectivity index (χ4v) is 3.91. The van der Waals surface area contributed by atoms with Crippen molar-refractivity contribution >= 4 is 10.0 Å². The maximum absolute atomic E-state index is 12.1. The van der Waals surface area contributed by atoms with Crippen LogP contribution in [-0.4, -0.2) is 57.4 Å². The van der Waals surface area contributed by atoms with E-state index in [0.29, 0.717) is 6.61 Å². The Morgan fingerprint density at radius 1 is 1.44 bits per heavy atom. The summed E-state index contributed by atoms with van der Waals surface area (Å²) in [6, 6.07) is 0.117. The van der Waals surface area contributed by atoms with Gasteiger partial charge in [-0.3, -0.25) is 0 Å². The lowest BCUT2D eigenvalue weighted by molar-refractivity contribution is 0.126. The molecule has 5 nitrogen and oxygen atoms in total. The second kappa shape index (κ2) is 5.00. The van der Waals surface area contributed by atoms with E-state index in [9.17, 15) is 8.42 Å². The highest BCUT2D eigenvalue weighted by atomic mass is 32.2. The topological polar surface area (TPSA) is 58.6 Å². The molecule has 2 aliphatic rings. The second-order valence-corrected chi connectivity index (χ2v) is 6.65. The van der Waals surface area contributed by atoms with Gasteiger partial charge in [0.25, 0.3) is 0 Å². The van der Waals surface area contributed by atoms with Crippen LogP contribution >= 0.6 is 0 Å². The second-order valence-electron chi connectivity index (χ2n) is 4.58. The van der Waals surface area contributed by atoms with Crippen molar-refractivity contribution in [2.24, 2.45) is 0 Å². The van der Waals surface area contributed by atoms with Gasteiger partial charge < -0.3 is 10.1 Å². The molecule has 0 aromatic carbocycles. The first kappa shape index (κ1) is 12.3. The highest BCUT2D eigenvalue weighted by Gasteiger charge is 2.31. The van der Waals surface area contributed by atoms with Crippen LogP contribution in [0.25, 0.3) is 0 Å². The summed E-state index contributed by atoms with van der Waals surface area (Å²) in [6.45, 7) is 2.38.